The number of carbonyl (C=O) groups excluding carboxylic acids is 1. The van der Waals surface area contributed by atoms with Gasteiger partial charge < -0.3 is 18.5 Å². The summed E-state index contributed by atoms with van der Waals surface area (Å²) in [6, 6.07) is 13.4. The van der Waals surface area contributed by atoms with Crippen LogP contribution in [0.4, 0.5) is 19.3 Å². The van der Waals surface area contributed by atoms with Crippen LogP contribution in [0.15, 0.2) is 59.3 Å². The molecule has 2 amide bonds. The highest BCUT2D eigenvalue weighted by Crippen LogP contribution is 2.25. The van der Waals surface area contributed by atoms with Gasteiger partial charge in [0.25, 0.3) is 5.89 Å². The smallest absolute Gasteiger partial charge is 0.324 e. The number of ether oxygens (including phenoxy) is 1. The molecule has 2 aliphatic heterocycles. The van der Waals surface area contributed by atoms with Gasteiger partial charge in [0.2, 0.25) is 5.89 Å². The fourth-order valence-electron chi connectivity index (χ4n) is 5.22. The number of pyridine rings is 1. The summed E-state index contributed by atoms with van der Waals surface area (Å²) in [7, 11) is 0. The third kappa shape index (κ3) is 5.48. The van der Waals surface area contributed by atoms with E-state index in [1.807, 2.05) is 45.8 Å². The summed E-state index contributed by atoms with van der Waals surface area (Å²) in [5.74, 6) is -0.724. The van der Waals surface area contributed by atoms with E-state index in [4.69, 9.17) is 14.1 Å². The van der Waals surface area contributed by atoms with Gasteiger partial charge in [0.15, 0.2) is 0 Å². The normalized spacial score (nSPS) is 17.3. The number of amides is 2. The first kappa shape index (κ1) is 25.4. The number of fused-ring (bicyclic) bond motifs is 1. The van der Waals surface area contributed by atoms with E-state index in [0.717, 1.165) is 44.8 Å². The second-order valence-electron chi connectivity index (χ2n) is 9.73. The van der Waals surface area contributed by atoms with Crippen molar-refractivity contribution < 1.29 is 22.7 Å². The van der Waals surface area contributed by atoms with Gasteiger partial charge in [-0.25, -0.2) is 9.78 Å². The molecule has 0 radical (unpaired) electrons. The van der Waals surface area contributed by atoms with E-state index in [-0.39, 0.29) is 18.5 Å². The van der Waals surface area contributed by atoms with Gasteiger partial charge in [-0.1, -0.05) is 18.2 Å². The lowest BCUT2D eigenvalue weighted by molar-refractivity contribution is 0.0191. The number of rotatable bonds is 6. The molecule has 1 aromatic carbocycles. The molecule has 12 heteroatoms. The molecule has 3 aromatic heterocycles. The van der Waals surface area contributed by atoms with Crippen LogP contribution < -0.4 is 4.90 Å². The second kappa shape index (κ2) is 11.1. The lowest BCUT2D eigenvalue weighted by Gasteiger charge is -2.41. The van der Waals surface area contributed by atoms with Gasteiger partial charge in [-0.15, -0.1) is 10.2 Å². The zero-order valence-corrected chi connectivity index (χ0v) is 21.3. The maximum Gasteiger partial charge on any atom is 0.324 e. The number of nitrogens with zero attached hydrogens (tertiary/aromatic N) is 7. The van der Waals surface area contributed by atoms with Crippen molar-refractivity contribution in [2.24, 2.45) is 0 Å². The molecule has 0 atom stereocenters. The Hall–Kier alpha value is -3.90. The van der Waals surface area contributed by atoms with Crippen LogP contribution in [0.3, 0.4) is 0 Å². The molecular formula is C27H29F2N7O3. The molecule has 204 valence electrons. The van der Waals surface area contributed by atoms with E-state index in [1.165, 1.54) is 0 Å². The first-order valence-electron chi connectivity index (χ1n) is 13.1. The number of hydrogen-bond acceptors (Lipinski definition) is 7. The van der Waals surface area contributed by atoms with Crippen molar-refractivity contribution in [1.29, 1.82) is 0 Å². The van der Waals surface area contributed by atoms with Crippen molar-refractivity contribution in [1.82, 2.24) is 29.4 Å². The van der Waals surface area contributed by atoms with Gasteiger partial charge >= 0.3 is 12.5 Å². The van der Waals surface area contributed by atoms with Crippen molar-refractivity contribution in [3.05, 3.63) is 66.4 Å². The van der Waals surface area contributed by atoms with E-state index in [1.54, 1.807) is 23.2 Å². The first-order chi connectivity index (χ1) is 19.0. The molecule has 6 rings (SSSR count). The molecule has 39 heavy (non-hydrogen) atoms. The molecule has 0 unspecified atom stereocenters. The zero-order chi connectivity index (χ0) is 26.8. The number of piperazine rings is 1. The Balaban J connectivity index is 1.20. The average Bonchev–Trinajstić information content (AvgIpc) is 3.64. The van der Waals surface area contributed by atoms with Crippen LogP contribution in [0, 0.1) is 0 Å². The van der Waals surface area contributed by atoms with Gasteiger partial charge in [0.05, 0.1) is 12.2 Å². The molecule has 0 N–H and O–H groups in total. The van der Waals surface area contributed by atoms with Crippen LogP contribution in [-0.2, 0) is 11.3 Å². The largest absolute Gasteiger partial charge is 0.415 e. The topological polar surface area (TPSA) is 92.2 Å². The number of hydrogen-bond donors (Lipinski definition) is 0. The standard InChI is InChI=1S/C27H29F2N7O3/c28-24(29)26-32-31-25(39-26)19-6-9-35-17-20(30-23(35)16-19)18-36(22-4-2-1-3-5-22)27(37)34-12-10-33(11-13-34)21-7-14-38-15-8-21/h1-6,9,16-17,21,24H,7-8,10-15,18H2. The van der Waals surface area contributed by atoms with Crippen LogP contribution in [0.5, 0.6) is 0 Å². The predicted molar refractivity (Wildman–Crippen MR) is 138 cm³/mol. The Labute approximate surface area is 223 Å². The molecule has 0 aliphatic carbocycles. The third-order valence-corrected chi connectivity index (χ3v) is 7.30. The predicted octanol–water partition coefficient (Wildman–Crippen LogP) is 4.25. The number of benzene rings is 1. The van der Waals surface area contributed by atoms with Crippen molar-refractivity contribution in [2.45, 2.75) is 31.9 Å². The summed E-state index contributed by atoms with van der Waals surface area (Å²) in [5, 5.41) is 7.11. The van der Waals surface area contributed by atoms with E-state index in [2.05, 4.69) is 15.1 Å². The summed E-state index contributed by atoms with van der Waals surface area (Å²) in [6.07, 6.45) is 2.85. The number of imidazole rings is 1. The van der Waals surface area contributed by atoms with Crippen LogP contribution in [-0.4, -0.2) is 80.8 Å². The Morgan fingerprint density at radius 3 is 2.54 bits per heavy atom. The van der Waals surface area contributed by atoms with E-state index >= 15 is 0 Å². The average molecular weight is 538 g/mol. The van der Waals surface area contributed by atoms with Crippen LogP contribution in [0.2, 0.25) is 0 Å². The minimum Gasteiger partial charge on any atom is -0.415 e. The van der Waals surface area contributed by atoms with E-state index < -0.39 is 12.3 Å². The second-order valence-corrected chi connectivity index (χ2v) is 9.73. The molecule has 0 bridgehead atoms. The monoisotopic (exact) mass is 537 g/mol. The molecule has 2 aliphatic rings. The number of anilines is 1. The molecule has 0 saturated carbocycles. The molecule has 5 heterocycles. The van der Waals surface area contributed by atoms with Crippen molar-refractivity contribution >= 4 is 17.4 Å². The number of para-hydroxylation sites is 1. The highest BCUT2D eigenvalue weighted by atomic mass is 19.3. The number of alkyl halides is 2. The van der Waals surface area contributed by atoms with Gasteiger partial charge in [-0.05, 0) is 37.1 Å². The Bertz CT molecular complexity index is 1410. The lowest BCUT2D eigenvalue weighted by Crippen LogP contribution is -2.55. The highest BCUT2D eigenvalue weighted by Gasteiger charge is 2.30. The van der Waals surface area contributed by atoms with Crippen molar-refractivity contribution in [3.63, 3.8) is 0 Å². The molecule has 10 nitrogen and oxygen atoms in total. The molecule has 4 aromatic rings. The summed E-state index contributed by atoms with van der Waals surface area (Å²) in [5.41, 5.74) is 2.53. The number of aromatic nitrogens is 4. The minimum absolute atomic E-state index is 0.00154. The minimum atomic E-state index is -2.83. The van der Waals surface area contributed by atoms with Crippen LogP contribution >= 0.6 is 0 Å². The molecule has 2 fully saturated rings. The zero-order valence-electron chi connectivity index (χ0n) is 21.3. The number of urea groups is 1. The number of halogens is 2. The van der Waals surface area contributed by atoms with E-state index in [0.29, 0.717) is 36.0 Å². The third-order valence-electron chi connectivity index (χ3n) is 7.30. The lowest BCUT2D eigenvalue weighted by atomic mass is 10.1. The van der Waals surface area contributed by atoms with Crippen molar-refractivity contribution in [3.8, 4) is 11.5 Å². The quantitative estimate of drug-likeness (QED) is 0.363. The van der Waals surface area contributed by atoms with Gasteiger partial charge in [-0.3, -0.25) is 9.80 Å². The van der Waals surface area contributed by atoms with E-state index in [9.17, 15) is 13.6 Å². The Morgan fingerprint density at radius 1 is 1.05 bits per heavy atom. The molecule has 0 spiro atoms. The Kier molecular flexibility index (Phi) is 7.20. The van der Waals surface area contributed by atoms with Gasteiger partial charge in [0, 0.05) is 69.1 Å². The fraction of sp³-hybridized carbons (Fsp3) is 0.407. The summed E-state index contributed by atoms with van der Waals surface area (Å²) in [4.78, 5) is 24.6. The maximum absolute atomic E-state index is 13.8. The Morgan fingerprint density at radius 2 is 1.82 bits per heavy atom. The molecule has 2 saturated heterocycles. The van der Waals surface area contributed by atoms with Crippen molar-refractivity contribution in [2.75, 3.05) is 44.3 Å². The SMILES string of the molecule is O=C(N1CCN(C2CCOCC2)CC1)N(Cc1cn2ccc(-c3nnc(C(F)F)o3)cc2n1)c1ccccc1. The first-order valence-corrected chi connectivity index (χ1v) is 13.1. The van der Waals surface area contributed by atoms with Gasteiger partial charge in [0.1, 0.15) is 5.65 Å². The van der Waals surface area contributed by atoms with Crippen LogP contribution in [0.25, 0.3) is 17.1 Å². The maximum atomic E-state index is 13.8. The highest BCUT2D eigenvalue weighted by molar-refractivity contribution is 5.92. The summed E-state index contributed by atoms with van der Waals surface area (Å²) >= 11 is 0. The summed E-state index contributed by atoms with van der Waals surface area (Å²) < 4.78 is 38.1. The van der Waals surface area contributed by atoms with Crippen LogP contribution in [0.1, 0.15) is 30.9 Å². The number of carbonyl (C=O) groups is 1. The van der Waals surface area contributed by atoms with Gasteiger partial charge in [-0.2, -0.15) is 8.78 Å². The summed E-state index contributed by atoms with van der Waals surface area (Å²) in [6.45, 7) is 4.90. The molecular weight excluding hydrogens is 508 g/mol. The fourth-order valence-corrected chi connectivity index (χ4v) is 5.22.